The number of aromatic nitrogens is 2. The van der Waals surface area contributed by atoms with Crippen molar-refractivity contribution in [3.05, 3.63) is 41.2 Å². The van der Waals surface area contributed by atoms with Gasteiger partial charge in [-0.2, -0.15) is 5.10 Å². The van der Waals surface area contributed by atoms with Crippen molar-refractivity contribution in [2.75, 3.05) is 5.32 Å². The van der Waals surface area contributed by atoms with Crippen LogP contribution in [0.25, 0.3) is 0 Å². The molecule has 1 atom stereocenters. The Balaban J connectivity index is 2.30. The Morgan fingerprint density at radius 3 is 2.52 bits per heavy atom. The highest BCUT2D eigenvalue weighted by molar-refractivity contribution is 7.89. The molecule has 2 rings (SSSR count). The molecule has 6 nitrogen and oxygen atoms in total. The molecule has 0 saturated heterocycles. The van der Waals surface area contributed by atoms with E-state index >= 15 is 0 Å². The van der Waals surface area contributed by atoms with E-state index in [2.05, 4.69) is 10.4 Å². The highest BCUT2D eigenvalue weighted by Gasteiger charge is 2.15. The number of anilines is 1. The lowest BCUT2D eigenvalue weighted by atomic mass is 10.1. The van der Waals surface area contributed by atoms with Crippen LogP contribution in [-0.4, -0.2) is 18.2 Å². The smallest absolute Gasteiger partial charge is 0.238 e. The van der Waals surface area contributed by atoms with E-state index in [-0.39, 0.29) is 10.9 Å². The van der Waals surface area contributed by atoms with Crippen molar-refractivity contribution in [3.8, 4) is 0 Å². The molecule has 0 aliphatic heterocycles. The molecule has 0 spiro atoms. The normalized spacial score (nSPS) is 13.2. The fourth-order valence-electron chi connectivity index (χ4n) is 2.37. The van der Waals surface area contributed by atoms with Gasteiger partial charge in [0, 0.05) is 24.5 Å². The first kappa shape index (κ1) is 15.5. The Labute approximate surface area is 125 Å². The zero-order chi connectivity index (χ0) is 15.8. The van der Waals surface area contributed by atoms with Crippen molar-refractivity contribution in [2.45, 2.75) is 31.7 Å². The Kier molecular flexibility index (Phi) is 4.06. The summed E-state index contributed by atoms with van der Waals surface area (Å²) in [6, 6.07) is 5.15. The second-order valence-electron chi connectivity index (χ2n) is 5.23. The largest absolute Gasteiger partial charge is 0.378 e. The summed E-state index contributed by atoms with van der Waals surface area (Å²) in [7, 11) is -1.85. The summed E-state index contributed by atoms with van der Waals surface area (Å²) in [4.78, 5) is 0.141. The van der Waals surface area contributed by atoms with Crippen molar-refractivity contribution >= 4 is 15.7 Å². The first-order valence-corrected chi connectivity index (χ1v) is 8.13. The highest BCUT2D eigenvalue weighted by Crippen LogP contribution is 2.24. The summed E-state index contributed by atoms with van der Waals surface area (Å²) in [5.41, 5.74) is 3.35. The summed E-state index contributed by atoms with van der Waals surface area (Å²) >= 11 is 0. The van der Waals surface area contributed by atoms with Crippen molar-refractivity contribution in [2.24, 2.45) is 12.2 Å². The van der Waals surface area contributed by atoms with Gasteiger partial charge in [-0.05, 0) is 38.5 Å². The van der Waals surface area contributed by atoms with Crippen molar-refractivity contribution in [3.63, 3.8) is 0 Å². The van der Waals surface area contributed by atoms with E-state index in [0.29, 0.717) is 11.3 Å². The van der Waals surface area contributed by atoms with E-state index in [0.717, 1.165) is 11.3 Å². The van der Waals surface area contributed by atoms with Crippen LogP contribution in [0, 0.1) is 13.8 Å². The van der Waals surface area contributed by atoms with Gasteiger partial charge in [0.05, 0.1) is 16.6 Å². The van der Waals surface area contributed by atoms with Gasteiger partial charge < -0.3 is 5.32 Å². The van der Waals surface area contributed by atoms with E-state index < -0.39 is 10.0 Å². The summed E-state index contributed by atoms with van der Waals surface area (Å²) in [6.07, 6.45) is 1.95. The number of benzene rings is 1. The number of sulfonamides is 1. The maximum atomic E-state index is 11.6. The zero-order valence-corrected chi connectivity index (χ0v) is 13.4. The number of hydrogen-bond donors (Lipinski definition) is 2. The minimum absolute atomic E-state index is 0.00901. The van der Waals surface area contributed by atoms with Gasteiger partial charge in [0.25, 0.3) is 0 Å². The third-order valence-corrected chi connectivity index (χ3v) is 4.45. The van der Waals surface area contributed by atoms with E-state index in [1.807, 2.05) is 33.2 Å². The van der Waals surface area contributed by atoms with Crippen LogP contribution in [0.5, 0.6) is 0 Å². The molecule has 1 aromatic heterocycles. The molecule has 1 unspecified atom stereocenters. The van der Waals surface area contributed by atoms with Crippen LogP contribution in [0.1, 0.15) is 29.8 Å². The summed E-state index contributed by atoms with van der Waals surface area (Å²) < 4.78 is 24.9. The average molecular weight is 308 g/mol. The molecule has 0 radical (unpaired) electrons. The standard InChI is InChI=1S/C14H20N4O2S/c1-9-5-6-12(7-14(9)21(15,19)20)16-10(2)13-8-18(4)17-11(13)3/h5-8,10,16H,1-4H3,(H2,15,19,20). The van der Waals surface area contributed by atoms with Gasteiger partial charge in [-0.1, -0.05) is 6.07 Å². The molecule has 0 bridgehead atoms. The molecule has 0 saturated carbocycles. The fourth-order valence-corrected chi connectivity index (χ4v) is 3.18. The molecule has 3 N–H and O–H groups in total. The van der Waals surface area contributed by atoms with Gasteiger partial charge in [0.1, 0.15) is 0 Å². The third-order valence-electron chi connectivity index (χ3n) is 3.40. The summed E-state index contributed by atoms with van der Waals surface area (Å²) in [5.74, 6) is 0. The molecule has 0 fully saturated rings. The summed E-state index contributed by atoms with van der Waals surface area (Å²) in [6.45, 7) is 5.66. The number of primary sulfonamides is 1. The molecule has 1 heterocycles. The molecule has 0 aliphatic carbocycles. The summed E-state index contributed by atoms with van der Waals surface area (Å²) in [5, 5.41) is 12.8. The van der Waals surface area contributed by atoms with Gasteiger partial charge in [-0.3, -0.25) is 4.68 Å². The Morgan fingerprint density at radius 1 is 1.33 bits per heavy atom. The number of hydrogen-bond acceptors (Lipinski definition) is 4. The molecule has 7 heteroatoms. The Morgan fingerprint density at radius 2 is 2.00 bits per heavy atom. The molecule has 0 aliphatic rings. The molecular weight excluding hydrogens is 288 g/mol. The van der Waals surface area contributed by atoms with E-state index in [1.165, 1.54) is 0 Å². The SMILES string of the molecule is Cc1ccc(NC(C)c2cn(C)nc2C)cc1S(N)(=O)=O. The maximum Gasteiger partial charge on any atom is 0.238 e. The van der Waals surface area contributed by atoms with Crippen LogP contribution in [0.3, 0.4) is 0 Å². The molecule has 21 heavy (non-hydrogen) atoms. The van der Waals surface area contributed by atoms with Crippen LogP contribution >= 0.6 is 0 Å². The molecule has 0 amide bonds. The van der Waals surface area contributed by atoms with Gasteiger partial charge in [0.2, 0.25) is 10.0 Å². The molecule has 2 aromatic rings. The molecular formula is C14H20N4O2S. The number of nitrogens with two attached hydrogens (primary N) is 1. The maximum absolute atomic E-state index is 11.6. The lowest BCUT2D eigenvalue weighted by molar-refractivity contribution is 0.597. The first-order chi connectivity index (χ1) is 9.68. The van der Waals surface area contributed by atoms with E-state index in [4.69, 9.17) is 5.14 Å². The molecule has 1 aromatic carbocycles. The number of aryl methyl sites for hydroxylation is 3. The Hall–Kier alpha value is -1.86. The predicted molar refractivity (Wildman–Crippen MR) is 82.5 cm³/mol. The van der Waals surface area contributed by atoms with E-state index in [9.17, 15) is 8.42 Å². The quantitative estimate of drug-likeness (QED) is 0.902. The van der Waals surface area contributed by atoms with E-state index in [1.54, 1.807) is 23.7 Å². The third kappa shape index (κ3) is 3.43. The minimum Gasteiger partial charge on any atom is -0.378 e. The monoisotopic (exact) mass is 308 g/mol. The topological polar surface area (TPSA) is 90.0 Å². The minimum atomic E-state index is -3.72. The van der Waals surface area contributed by atoms with Gasteiger partial charge in [-0.25, -0.2) is 13.6 Å². The van der Waals surface area contributed by atoms with Crippen molar-refractivity contribution in [1.82, 2.24) is 9.78 Å². The van der Waals surface area contributed by atoms with Gasteiger partial charge >= 0.3 is 0 Å². The first-order valence-electron chi connectivity index (χ1n) is 6.58. The van der Waals surface area contributed by atoms with Crippen LogP contribution in [0.4, 0.5) is 5.69 Å². The highest BCUT2D eigenvalue weighted by atomic mass is 32.2. The van der Waals surface area contributed by atoms with Crippen LogP contribution < -0.4 is 10.5 Å². The zero-order valence-electron chi connectivity index (χ0n) is 12.6. The fraction of sp³-hybridized carbons (Fsp3) is 0.357. The van der Waals surface area contributed by atoms with Crippen molar-refractivity contribution in [1.29, 1.82) is 0 Å². The lowest BCUT2D eigenvalue weighted by Gasteiger charge is -2.16. The second-order valence-corrected chi connectivity index (χ2v) is 6.76. The van der Waals surface area contributed by atoms with Crippen LogP contribution in [0.15, 0.2) is 29.3 Å². The number of rotatable bonds is 4. The lowest BCUT2D eigenvalue weighted by Crippen LogP contribution is -2.14. The van der Waals surface area contributed by atoms with Gasteiger partial charge in [0.15, 0.2) is 0 Å². The second kappa shape index (κ2) is 5.50. The van der Waals surface area contributed by atoms with Crippen LogP contribution in [0.2, 0.25) is 0 Å². The average Bonchev–Trinajstić information content (AvgIpc) is 2.69. The number of nitrogens with one attached hydrogen (secondary N) is 1. The Bertz CT molecular complexity index is 765. The number of nitrogens with zero attached hydrogens (tertiary/aromatic N) is 2. The predicted octanol–water partition coefficient (Wildman–Crippen LogP) is 1.86. The van der Waals surface area contributed by atoms with Gasteiger partial charge in [-0.15, -0.1) is 0 Å². The van der Waals surface area contributed by atoms with Crippen molar-refractivity contribution < 1.29 is 8.42 Å². The molecule has 114 valence electrons. The van der Waals surface area contributed by atoms with Crippen LogP contribution in [-0.2, 0) is 17.1 Å².